The number of urea groups is 1. The zero-order valence-corrected chi connectivity index (χ0v) is 13.9. The molecule has 0 atom stereocenters. The first-order valence-corrected chi connectivity index (χ1v) is 8.13. The summed E-state index contributed by atoms with van der Waals surface area (Å²) in [5.74, 6) is 1.27. The van der Waals surface area contributed by atoms with Crippen LogP contribution in [0.4, 0.5) is 15.6 Å². The van der Waals surface area contributed by atoms with Crippen LogP contribution in [0.5, 0.6) is 5.75 Å². The van der Waals surface area contributed by atoms with Crippen LogP contribution in [0, 0.1) is 12.8 Å². The van der Waals surface area contributed by atoms with Crippen molar-refractivity contribution in [2.45, 2.75) is 27.2 Å². The molecule has 0 saturated carbocycles. The second kappa shape index (κ2) is 7.79. The summed E-state index contributed by atoms with van der Waals surface area (Å²) in [5, 5.41) is 7.86. The molecule has 1 aromatic carbocycles. The summed E-state index contributed by atoms with van der Waals surface area (Å²) in [6, 6.07) is 5.39. The number of ether oxygens (including phenoxy) is 1. The maximum atomic E-state index is 12.0. The van der Waals surface area contributed by atoms with Crippen molar-refractivity contribution in [1.29, 1.82) is 0 Å². The van der Waals surface area contributed by atoms with Gasteiger partial charge in [0.1, 0.15) is 5.75 Å². The van der Waals surface area contributed by atoms with Gasteiger partial charge < -0.3 is 10.1 Å². The normalized spacial score (nSPS) is 10.5. The van der Waals surface area contributed by atoms with Gasteiger partial charge in [0.2, 0.25) is 0 Å². The van der Waals surface area contributed by atoms with Crippen molar-refractivity contribution >= 4 is 28.2 Å². The van der Waals surface area contributed by atoms with Crippen LogP contribution in [0.1, 0.15) is 25.8 Å². The first-order valence-electron chi connectivity index (χ1n) is 7.25. The number of thiazole rings is 1. The molecule has 1 aromatic heterocycles. The third kappa shape index (κ3) is 5.04. The van der Waals surface area contributed by atoms with Gasteiger partial charge in [-0.2, -0.15) is 0 Å². The molecule has 0 aliphatic carbocycles. The quantitative estimate of drug-likeness (QED) is 0.823. The smallest absolute Gasteiger partial charge is 0.325 e. The van der Waals surface area contributed by atoms with Crippen molar-refractivity contribution in [3.8, 4) is 5.75 Å². The third-order valence-corrected chi connectivity index (χ3v) is 3.68. The highest BCUT2D eigenvalue weighted by Gasteiger charge is 2.10. The molecule has 0 aliphatic heterocycles. The number of benzene rings is 1. The molecule has 2 aromatic rings. The van der Waals surface area contributed by atoms with E-state index in [1.54, 1.807) is 6.20 Å². The monoisotopic (exact) mass is 319 g/mol. The summed E-state index contributed by atoms with van der Waals surface area (Å²) in [4.78, 5) is 16.0. The van der Waals surface area contributed by atoms with Gasteiger partial charge in [-0.25, -0.2) is 9.78 Å². The van der Waals surface area contributed by atoms with Gasteiger partial charge >= 0.3 is 6.03 Å². The molecule has 22 heavy (non-hydrogen) atoms. The molecule has 1 heterocycles. The number of aryl methyl sites for hydroxylation is 1. The van der Waals surface area contributed by atoms with Crippen molar-refractivity contribution in [2.75, 3.05) is 17.2 Å². The van der Waals surface area contributed by atoms with Gasteiger partial charge in [0.05, 0.1) is 12.3 Å². The van der Waals surface area contributed by atoms with E-state index in [2.05, 4.69) is 29.5 Å². The lowest BCUT2D eigenvalue weighted by molar-refractivity contribution is 0.261. The maximum Gasteiger partial charge on any atom is 0.325 e. The number of rotatable bonds is 6. The van der Waals surface area contributed by atoms with Crippen LogP contribution in [0.2, 0.25) is 0 Å². The summed E-state index contributed by atoms with van der Waals surface area (Å²) < 4.78 is 5.81. The van der Waals surface area contributed by atoms with E-state index in [0.29, 0.717) is 29.1 Å². The van der Waals surface area contributed by atoms with E-state index in [4.69, 9.17) is 4.74 Å². The minimum atomic E-state index is -0.326. The van der Waals surface area contributed by atoms with Crippen LogP contribution in [-0.4, -0.2) is 17.6 Å². The van der Waals surface area contributed by atoms with E-state index in [9.17, 15) is 4.79 Å². The Kier molecular flexibility index (Phi) is 5.77. The third-order valence-electron chi connectivity index (χ3n) is 2.99. The SMILES string of the molecule is Cc1ccc(NC(=O)Nc2nccs2)c(OCCC(C)C)c1. The molecule has 0 fully saturated rings. The lowest BCUT2D eigenvalue weighted by Gasteiger charge is -2.14. The first kappa shape index (κ1) is 16.3. The largest absolute Gasteiger partial charge is 0.491 e. The van der Waals surface area contributed by atoms with Crippen molar-refractivity contribution in [3.63, 3.8) is 0 Å². The molecule has 2 rings (SSSR count). The molecule has 0 saturated heterocycles. The van der Waals surface area contributed by atoms with E-state index in [0.717, 1.165) is 12.0 Å². The topological polar surface area (TPSA) is 63.2 Å². The van der Waals surface area contributed by atoms with Gasteiger partial charge in [-0.3, -0.25) is 5.32 Å². The molecule has 0 aliphatic rings. The fraction of sp³-hybridized carbons (Fsp3) is 0.375. The lowest BCUT2D eigenvalue weighted by Crippen LogP contribution is -2.20. The number of nitrogens with one attached hydrogen (secondary N) is 2. The Balaban J connectivity index is 2.01. The number of nitrogens with zero attached hydrogens (tertiary/aromatic N) is 1. The highest BCUT2D eigenvalue weighted by atomic mass is 32.1. The molecule has 6 heteroatoms. The Bertz CT molecular complexity index is 612. The fourth-order valence-electron chi connectivity index (χ4n) is 1.79. The van der Waals surface area contributed by atoms with Crippen LogP contribution in [0.3, 0.4) is 0 Å². The number of carbonyl (C=O) groups is 1. The molecule has 2 amide bonds. The Morgan fingerprint density at radius 1 is 1.36 bits per heavy atom. The van der Waals surface area contributed by atoms with Crippen molar-refractivity contribution in [3.05, 3.63) is 35.3 Å². The summed E-state index contributed by atoms with van der Waals surface area (Å²) in [6.07, 6.45) is 2.62. The molecule has 0 spiro atoms. The number of aromatic nitrogens is 1. The van der Waals surface area contributed by atoms with E-state index >= 15 is 0 Å². The maximum absolute atomic E-state index is 12.0. The average Bonchev–Trinajstić information content (AvgIpc) is 2.94. The van der Waals surface area contributed by atoms with Crippen LogP contribution in [0.25, 0.3) is 0 Å². The number of hydrogen-bond acceptors (Lipinski definition) is 4. The fourth-order valence-corrected chi connectivity index (χ4v) is 2.32. The van der Waals surface area contributed by atoms with Crippen LogP contribution in [0.15, 0.2) is 29.8 Å². The van der Waals surface area contributed by atoms with Gasteiger partial charge in [0.15, 0.2) is 5.13 Å². The zero-order valence-electron chi connectivity index (χ0n) is 13.1. The molecular weight excluding hydrogens is 298 g/mol. The van der Waals surface area contributed by atoms with Gasteiger partial charge in [-0.15, -0.1) is 11.3 Å². The van der Waals surface area contributed by atoms with Crippen LogP contribution < -0.4 is 15.4 Å². The highest BCUT2D eigenvalue weighted by Crippen LogP contribution is 2.26. The van der Waals surface area contributed by atoms with E-state index in [-0.39, 0.29) is 6.03 Å². The highest BCUT2D eigenvalue weighted by molar-refractivity contribution is 7.13. The molecule has 0 bridgehead atoms. The van der Waals surface area contributed by atoms with Crippen LogP contribution in [-0.2, 0) is 0 Å². The van der Waals surface area contributed by atoms with E-state index < -0.39 is 0 Å². The Morgan fingerprint density at radius 2 is 2.18 bits per heavy atom. The summed E-state index contributed by atoms with van der Waals surface area (Å²) >= 11 is 1.37. The minimum absolute atomic E-state index is 0.326. The number of hydrogen-bond donors (Lipinski definition) is 2. The van der Waals surface area contributed by atoms with Gasteiger partial charge in [0, 0.05) is 11.6 Å². The number of carbonyl (C=O) groups excluding carboxylic acids is 1. The van der Waals surface area contributed by atoms with E-state index in [1.165, 1.54) is 11.3 Å². The average molecular weight is 319 g/mol. The number of anilines is 2. The Morgan fingerprint density at radius 3 is 2.86 bits per heavy atom. The predicted octanol–water partition coefficient (Wildman–Crippen LogP) is 4.52. The Labute approximate surface area is 134 Å². The molecule has 0 radical (unpaired) electrons. The summed E-state index contributed by atoms with van der Waals surface area (Å²) in [6.45, 7) is 6.93. The predicted molar refractivity (Wildman–Crippen MR) is 90.9 cm³/mol. The molecular formula is C16H21N3O2S. The Hall–Kier alpha value is -2.08. The summed E-state index contributed by atoms with van der Waals surface area (Å²) in [7, 11) is 0. The van der Waals surface area contributed by atoms with Gasteiger partial charge in [-0.1, -0.05) is 19.9 Å². The van der Waals surface area contributed by atoms with Crippen molar-refractivity contribution < 1.29 is 9.53 Å². The standard InChI is InChI=1S/C16H21N3O2S/c1-11(2)6-8-21-14-10-12(3)4-5-13(14)18-15(20)19-16-17-7-9-22-16/h4-5,7,9-11H,6,8H2,1-3H3,(H2,17,18,19,20). The molecule has 118 valence electrons. The molecule has 0 unspecified atom stereocenters. The second-order valence-electron chi connectivity index (χ2n) is 5.45. The van der Waals surface area contributed by atoms with Gasteiger partial charge in [-0.05, 0) is 37.0 Å². The zero-order chi connectivity index (χ0) is 15.9. The molecule has 2 N–H and O–H groups in total. The summed E-state index contributed by atoms with van der Waals surface area (Å²) in [5.41, 5.74) is 1.74. The van der Waals surface area contributed by atoms with Crippen molar-refractivity contribution in [2.24, 2.45) is 5.92 Å². The minimum Gasteiger partial charge on any atom is -0.491 e. The molecule has 5 nitrogen and oxygen atoms in total. The number of amides is 2. The van der Waals surface area contributed by atoms with Gasteiger partial charge in [0.25, 0.3) is 0 Å². The lowest BCUT2D eigenvalue weighted by atomic mass is 10.1. The first-order chi connectivity index (χ1) is 10.5. The van der Waals surface area contributed by atoms with Crippen molar-refractivity contribution in [1.82, 2.24) is 4.98 Å². The van der Waals surface area contributed by atoms with Crippen LogP contribution >= 0.6 is 11.3 Å². The van der Waals surface area contributed by atoms with E-state index in [1.807, 2.05) is 30.5 Å². The second-order valence-corrected chi connectivity index (χ2v) is 6.34.